The van der Waals surface area contributed by atoms with E-state index in [1.807, 2.05) is 30.3 Å². The van der Waals surface area contributed by atoms with E-state index in [1.165, 1.54) is 0 Å². The Balaban J connectivity index is 1.70. The molecule has 0 saturated heterocycles. The summed E-state index contributed by atoms with van der Waals surface area (Å²) >= 11 is 0. The van der Waals surface area contributed by atoms with Gasteiger partial charge >= 0.3 is 0 Å². The highest BCUT2D eigenvalue weighted by atomic mass is 16.5. The zero-order valence-corrected chi connectivity index (χ0v) is 13.0. The second-order valence-electron chi connectivity index (χ2n) is 5.44. The van der Waals surface area contributed by atoms with Gasteiger partial charge in [0.25, 0.3) is 0 Å². The fourth-order valence-corrected chi connectivity index (χ4v) is 1.78. The molecular weight excluding hydrogens is 280 g/mol. The van der Waals surface area contributed by atoms with E-state index >= 15 is 0 Å². The molecule has 0 radical (unpaired) electrons. The van der Waals surface area contributed by atoms with Gasteiger partial charge < -0.3 is 19.8 Å². The van der Waals surface area contributed by atoms with Crippen LogP contribution in [0.2, 0.25) is 0 Å². The highest BCUT2D eigenvalue weighted by molar-refractivity contribution is 5.80. The van der Waals surface area contributed by atoms with Crippen molar-refractivity contribution in [3.8, 4) is 5.75 Å². The molecule has 0 aliphatic rings. The van der Waals surface area contributed by atoms with E-state index in [1.54, 1.807) is 12.3 Å². The fourth-order valence-electron chi connectivity index (χ4n) is 1.78. The fraction of sp³-hybridized carbons (Fsp3) is 0.353. The van der Waals surface area contributed by atoms with Crippen molar-refractivity contribution in [2.45, 2.75) is 20.4 Å². The highest BCUT2D eigenvalue weighted by Gasteiger charge is 2.03. The van der Waals surface area contributed by atoms with Gasteiger partial charge in [-0.1, -0.05) is 13.8 Å². The number of anilines is 1. The SMILES string of the molecule is CC(C)COc1ccc(NCC(=O)NCc2ccco2)cc1. The number of rotatable bonds is 8. The Bertz CT molecular complexity index is 562. The first-order valence-electron chi connectivity index (χ1n) is 7.39. The van der Waals surface area contributed by atoms with E-state index in [0.29, 0.717) is 19.1 Å². The Morgan fingerprint density at radius 2 is 2.00 bits per heavy atom. The van der Waals surface area contributed by atoms with Crippen LogP contribution < -0.4 is 15.4 Å². The zero-order chi connectivity index (χ0) is 15.8. The summed E-state index contributed by atoms with van der Waals surface area (Å²) in [6.45, 7) is 5.53. The smallest absolute Gasteiger partial charge is 0.239 e. The predicted octanol–water partition coefficient (Wildman–Crippen LogP) is 3.04. The molecule has 1 amide bonds. The first-order chi connectivity index (χ1) is 10.6. The van der Waals surface area contributed by atoms with Crippen LogP contribution in [0.25, 0.3) is 0 Å². The molecule has 22 heavy (non-hydrogen) atoms. The summed E-state index contributed by atoms with van der Waals surface area (Å²) in [7, 11) is 0. The minimum atomic E-state index is -0.0865. The largest absolute Gasteiger partial charge is 0.493 e. The maximum atomic E-state index is 11.7. The molecule has 1 aromatic carbocycles. The van der Waals surface area contributed by atoms with Gasteiger partial charge in [0, 0.05) is 5.69 Å². The molecule has 0 spiro atoms. The summed E-state index contributed by atoms with van der Waals surface area (Å²) in [5.74, 6) is 1.98. The normalized spacial score (nSPS) is 10.5. The molecule has 0 fully saturated rings. The van der Waals surface area contributed by atoms with E-state index < -0.39 is 0 Å². The number of carbonyl (C=O) groups excluding carboxylic acids is 1. The lowest BCUT2D eigenvalue weighted by Gasteiger charge is -2.10. The first-order valence-corrected chi connectivity index (χ1v) is 7.39. The predicted molar refractivity (Wildman–Crippen MR) is 85.8 cm³/mol. The van der Waals surface area contributed by atoms with Crippen molar-refractivity contribution >= 4 is 11.6 Å². The molecule has 2 N–H and O–H groups in total. The molecule has 0 bridgehead atoms. The standard InChI is InChI=1S/C17H22N2O3/c1-13(2)12-22-15-7-5-14(6-8-15)18-11-17(20)19-10-16-4-3-9-21-16/h3-9,13,18H,10-12H2,1-2H3,(H,19,20). The van der Waals surface area contributed by atoms with Crippen LogP contribution in [0.5, 0.6) is 5.75 Å². The van der Waals surface area contributed by atoms with Gasteiger partial charge in [-0.3, -0.25) is 4.79 Å². The van der Waals surface area contributed by atoms with Gasteiger partial charge in [-0.15, -0.1) is 0 Å². The lowest BCUT2D eigenvalue weighted by atomic mass is 10.2. The monoisotopic (exact) mass is 302 g/mol. The zero-order valence-electron chi connectivity index (χ0n) is 13.0. The average Bonchev–Trinajstić information content (AvgIpc) is 3.03. The number of hydrogen-bond acceptors (Lipinski definition) is 4. The lowest BCUT2D eigenvalue weighted by Crippen LogP contribution is -2.29. The van der Waals surface area contributed by atoms with Gasteiger partial charge in [-0.2, -0.15) is 0 Å². The molecular formula is C17H22N2O3. The molecule has 0 saturated carbocycles. The molecule has 5 heteroatoms. The Hall–Kier alpha value is -2.43. The minimum absolute atomic E-state index is 0.0865. The second-order valence-corrected chi connectivity index (χ2v) is 5.44. The molecule has 5 nitrogen and oxygen atoms in total. The van der Waals surface area contributed by atoms with Crippen molar-refractivity contribution in [1.29, 1.82) is 0 Å². The summed E-state index contributed by atoms with van der Waals surface area (Å²) < 4.78 is 10.8. The number of furan rings is 1. The Morgan fingerprint density at radius 3 is 2.64 bits per heavy atom. The topological polar surface area (TPSA) is 63.5 Å². The van der Waals surface area contributed by atoms with Crippen molar-refractivity contribution < 1.29 is 13.9 Å². The van der Waals surface area contributed by atoms with E-state index in [0.717, 1.165) is 17.2 Å². The Kier molecular flexibility index (Phi) is 5.89. The maximum Gasteiger partial charge on any atom is 0.239 e. The van der Waals surface area contributed by atoms with Gasteiger partial charge in [0.05, 0.1) is 26.0 Å². The third kappa shape index (κ3) is 5.52. The number of ether oxygens (including phenoxy) is 1. The quantitative estimate of drug-likeness (QED) is 0.786. The van der Waals surface area contributed by atoms with Crippen molar-refractivity contribution in [3.63, 3.8) is 0 Å². The van der Waals surface area contributed by atoms with Crippen LogP contribution in [0.15, 0.2) is 47.1 Å². The molecule has 0 atom stereocenters. The number of hydrogen-bond donors (Lipinski definition) is 2. The van der Waals surface area contributed by atoms with Crippen molar-refractivity contribution in [2.75, 3.05) is 18.5 Å². The molecule has 118 valence electrons. The van der Waals surface area contributed by atoms with Crippen LogP contribution in [0.3, 0.4) is 0 Å². The molecule has 1 heterocycles. The van der Waals surface area contributed by atoms with Crippen molar-refractivity contribution in [1.82, 2.24) is 5.32 Å². The number of carbonyl (C=O) groups is 1. The summed E-state index contributed by atoms with van der Waals surface area (Å²) in [4.78, 5) is 11.7. The molecule has 1 aromatic heterocycles. The summed E-state index contributed by atoms with van der Waals surface area (Å²) in [5.41, 5.74) is 0.880. The minimum Gasteiger partial charge on any atom is -0.493 e. The third-order valence-corrected chi connectivity index (χ3v) is 2.93. The summed E-state index contributed by atoms with van der Waals surface area (Å²) in [5, 5.41) is 5.85. The van der Waals surface area contributed by atoms with Gasteiger partial charge in [0.2, 0.25) is 5.91 Å². The van der Waals surface area contributed by atoms with Crippen LogP contribution in [-0.4, -0.2) is 19.1 Å². The van der Waals surface area contributed by atoms with Gasteiger partial charge in [-0.05, 0) is 42.3 Å². The van der Waals surface area contributed by atoms with E-state index in [2.05, 4.69) is 24.5 Å². The second kappa shape index (κ2) is 8.12. The molecule has 0 unspecified atom stereocenters. The Labute approximate surface area is 130 Å². The van der Waals surface area contributed by atoms with Crippen LogP contribution in [-0.2, 0) is 11.3 Å². The molecule has 0 aliphatic heterocycles. The van der Waals surface area contributed by atoms with E-state index in [-0.39, 0.29) is 12.5 Å². The van der Waals surface area contributed by atoms with E-state index in [4.69, 9.17) is 9.15 Å². The highest BCUT2D eigenvalue weighted by Crippen LogP contribution is 2.16. The first kappa shape index (κ1) is 15.9. The van der Waals surface area contributed by atoms with Crippen molar-refractivity contribution in [2.24, 2.45) is 5.92 Å². The summed E-state index contributed by atoms with van der Waals surface area (Å²) in [6, 6.07) is 11.2. The van der Waals surface area contributed by atoms with E-state index in [9.17, 15) is 4.79 Å². The van der Waals surface area contributed by atoms with Crippen LogP contribution in [0.4, 0.5) is 5.69 Å². The number of benzene rings is 1. The van der Waals surface area contributed by atoms with Gasteiger partial charge in [0.15, 0.2) is 0 Å². The molecule has 2 rings (SSSR count). The molecule has 0 aliphatic carbocycles. The van der Waals surface area contributed by atoms with Gasteiger partial charge in [-0.25, -0.2) is 0 Å². The van der Waals surface area contributed by atoms with Gasteiger partial charge in [0.1, 0.15) is 11.5 Å². The molecule has 2 aromatic rings. The van der Waals surface area contributed by atoms with Crippen LogP contribution in [0, 0.1) is 5.92 Å². The number of amides is 1. The maximum absolute atomic E-state index is 11.7. The lowest BCUT2D eigenvalue weighted by molar-refractivity contribution is -0.119. The summed E-state index contributed by atoms with van der Waals surface area (Å²) in [6.07, 6.45) is 1.59. The average molecular weight is 302 g/mol. The van der Waals surface area contributed by atoms with Crippen LogP contribution >= 0.6 is 0 Å². The third-order valence-electron chi connectivity index (χ3n) is 2.93. The Morgan fingerprint density at radius 1 is 1.23 bits per heavy atom. The number of nitrogens with one attached hydrogen (secondary N) is 2. The van der Waals surface area contributed by atoms with Crippen molar-refractivity contribution in [3.05, 3.63) is 48.4 Å². The van der Waals surface area contributed by atoms with Crippen LogP contribution in [0.1, 0.15) is 19.6 Å².